The third-order valence-electron chi connectivity index (χ3n) is 5.55. The summed E-state index contributed by atoms with van der Waals surface area (Å²) in [7, 11) is -2.09. The van der Waals surface area contributed by atoms with Crippen LogP contribution in [0, 0.1) is 5.92 Å². The van der Waals surface area contributed by atoms with Gasteiger partial charge in [-0.25, -0.2) is 8.42 Å². The minimum atomic E-state index is -3.65. The number of rotatable bonds is 9. The van der Waals surface area contributed by atoms with Gasteiger partial charge in [-0.1, -0.05) is 26.3 Å². The molecule has 1 saturated heterocycles. The van der Waals surface area contributed by atoms with Crippen molar-refractivity contribution in [1.29, 1.82) is 0 Å². The highest BCUT2D eigenvalue weighted by atomic mass is 32.2. The highest BCUT2D eigenvalue weighted by molar-refractivity contribution is 7.89. The van der Waals surface area contributed by atoms with E-state index in [1.54, 1.807) is 43.5 Å². The third-order valence-corrected chi connectivity index (χ3v) is 7.43. The minimum absolute atomic E-state index is 0.138. The zero-order valence-corrected chi connectivity index (χ0v) is 19.2. The third kappa shape index (κ3) is 5.77. The van der Waals surface area contributed by atoms with Crippen LogP contribution in [0.4, 0.5) is 11.4 Å². The molecule has 1 aliphatic heterocycles. The molecule has 168 valence electrons. The van der Waals surface area contributed by atoms with E-state index in [0.717, 1.165) is 19.3 Å². The molecule has 0 aliphatic carbocycles. The molecule has 2 aromatic rings. The molecule has 2 aromatic carbocycles. The van der Waals surface area contributed by atoms with Crippen molar-refractivity contribution < 1.29 is 17.9 Å². The second-order valence-corrected chi connectivity index (χ2v) is 9.88. The number of carbonyl (C=O) groups is 1. The average molecular weight is 446 g/mol. The normalized spacial score (nSPS) is 15.5. The van der Waals surface area contributed by atoms with Crippen LogP contribution in [0.25, 0.3) is 0 Å². The van der Waals surface area contributed by atoms with Crippen molar-refractivity contribution in [2.75, 3.05) is 37.4 Å². The molecule has 2 N–H and O–H groups in total. The number of hydrogen-bond donors (Lipinski definition) is 2. The zero-order valence-electron chi connectivity index (χ0n) is 18.3. The molecule has 1 fully saturated rings. The molecule has 0 radical (unpaired) electrons. The molecule has 0 saturated carbocycles. The fourth-order valence-corrected chi connectivity index (χ4v) is 4.99. The summed E-state index contributed by atoms with van der Waals surface area (Å²) in [5, 5.41) is 6.12. The number of benzene rings is 2. The predicted molar refractivity (Wildman–Crippen MR) is 123 cm³/mol. The van der Waals surface area contributed by atoms with Crippen LogP contribution in [0.3, 0.4) is 0 Å². The zero-order chi connectivity index (χ0) is 22.4. The molecular formula is C23H31N3O4S. The Balaban J connectivity index is 1.92. The van der Waals surface area contributed by atoms with Gasteiger partial charge >= 0.3 is 0 Å². The molecule has 31 heavy (non-hydrogen) atoms. The Labute approximate surface area is 184 Å². The van der Waals surface area contributed by atoms with Gasteiger partial charge in [0.1, 0.15) is 5.75 Å². The number of amides is 1. The summed E-state index contributed by atoms with van der Waals surface area (Å²) in [5.41, 5.74) is 1.48. The molecule has 0 aromatic heterocycles. The van der Waals surface area contributed by atoms with Crippen LogP contribution in [0.2, 0.25) is 0 Å². The van der Waals surface area contributed by atoms with Gasteiger partial charge in [-0.3, -0.25) is 4.79 Å². The summed E-state index contributed by atoms with van der Waals surface area (Å²) >= 11 is 0. The SMILES string of the molecule is CCC(C)CNc1cc(C(=O)Nc2cccc(OC)c2)cc(S(=O)(=O)N2CCCC2)c1. The molecule has 1 heterocycles. The molecule has 1 atom stereocenters. The number of sulfonamides is 1. The molecule has 1 unspecified atom stereocenters. The van der Waals surface area contributed by atoms with Gasteiger partial charge in [0.2, 0.25) is 10.0 Å². The summed E-state index contributed by atoms with van der Waals surface area (Å²) < 4.78 is 33.0. The lowest BCUT2D eigenvalue weighted by Gasteiger charge is -2.18. The van der Waals surface area contributed by atoms with Crippen LogP contribution in [-0.4, -0.2) is 45.4 Å². The van der Waals surface area contributed by atoms with E-state index in [1.165, 1.54) is 10.4 Å². The summed E-state index contributed by atoms with van der Waals surface area (Å²) in [5.74, 6) is 0.672. The summed E-state index contributed by atoms with van der Waals surface area (Å²) in [6, 6.07) is 11.8. The quantitative estimate of drug-likeness (QED) is 0.604. The maximum absolute atomic E-state index is 13.1. The van der Waals surface area contributed by atoms with E-state index in [0.29, 0.717) is 42.7 Å². The number of anilines is 2. The van der Waals surface area contributed by atoms with Crippen molar-refractivity contribution in [2.24, 2.45) is 5.92 Å². The minimum Gasteiger partial charge on any atom is -0.497 e. The topological polar surface area (TPSA) is 87.7 Å². The Bertz CT molecular complexity index is 1020. The first kappa shape index (κ1) is 23.1. The van der Waals surface area contributed by atoms with Crippen molar-refractivity contribution in [3.05, 3.63) is 48.0 Å². The second kappa shape index (κ2) is 10.2. The lowest BCUT2D eigenvalue weighted by atomic mass is 10.1. The molecule has 0 bridgehead atoms. The van der Waals surface area contributed by atoms with Crippen LogP contribution >= 0.6 is 0 Å². The van der Waals surface area contributed by atoms with Gasteiger partial charge < -0.3 is 15.4 Å². The van der Waals surface area contributed by atoms with Crippen molar-refractivity contribution in [1.82, 2.24) is 4.31 Å². The second-order valence-electron chi connectivity index (χ2n) is 7.94. The van der Waals surface area contributed by atoms with Crippen molar-refractivity contribution in [2.45, 2.75) is 38.0 Å². The summed E-state index contributed by atoms with van der Waals surface area (Å²) in [4.78, 5) is 13.1. The lowest BCUT2D eigenvalue weighted by molar-refractivity contribution is 0.102. The van der Waals surface area contributed by atoms with Gasteiger partial charge in [-0.05, 0) is 49.1 Å². The standard InChI is InChI=1S/C23H31N3O4S/c1-4-17(2)16-24-20-12-18(23(27)25-19-8-7-9-21(14-19)30-3)13-22(15-20)31(28,29)26-10-5-6-11-26/h7-9,12-15,17,24H,4-6,10-11,16H2,1-3H3,(H,25,27). The summed E-state index contributed by atoms with van der Waals surface area (Å²) in [6.07, 6.45) is 2.71. The van der Waals surface area contributed by atoms with Gasteiger partial charge in [0.15, 0.2) is 0 Å². The van der Waals surface area contributed by atoms with Gasteiger partial charge in [-0.2, -0.15) is 4.31 Å². The van der Waals surface area contributed by atoms with Crippen LogP contribution in [0.1, 0.15) is 43.5 Å². The highest BCUT2D eigenvalue weighted by Gasteiger charge is 2.28. The predicted octanol–water partition coefficient (Wildman–Crippen LogP) is 4.19. The average Bonchev–Trinajstić information content (AvgIpc) is 3.33. The number of methoxy groups -OCH3 is 1. The number of nitrogens with zero attached hydrogens (tertiary/aromatic N) is 1. The van der Waals surface area contributed by atoms with Crippen molar-refractivity contribution >= 4 is 27.3 Å². The van der Waals surface area contributed by atoms with E-state index in [2.05, 4.69) is 24.5 Å². The van der Waals surface area contributed by atoms with E-state index in [1.807, 2.05) is 0 Å². The molecule has 1 amide bonds. The largest absolute Gasteiger partial charge is 0.497 e. The van der Waals surface area contributed by atoms with Gasteiger partial charge in [0.05, 0.1) is 12.0 Å². The molecule has 1 aliphatic rings. The molecule has 0 spiro atoms. The molecule has 8 heteroatoms. The molecular weight excluding hydrogens is 414 g/mol. The Hall–Kier alpha value is -2.58. The van der Waals surface area contributed by atoms with E-state index >= 15 is 0 Å². The lowest BCUT2D eigenvalue weighted by Crippen LogP contribution is -2.28. The smallest absolute Gasteiger partial charge is 0.255 e. The summed E-state index contributed by atoms with van der Waals surface area (Å²) in [6.45, 7) is 5.94. The van der Waals surface area contributed by atoms with Crippen LogP contribution < -0.4 is 15.4 Å². The van der Waals surface area contributed by atoms with E-state index < -0.39 is 10.0 Å². The van der Waals surface area contributed by atoms with Gasteiger partial charge in [0, 0.05) is 42.6 Å². The Morgan fingerprint density at radius 2 is 1.87 bits per heavy atom. The fraction of sp³-hybridized carbons (Fsp3) is 0.435. The van der Waals surface area contributed by atoms with E-state index in [9.17, 15) is 13.2 Å². The van der Waals surface area contributed by atoms with Gasteiger partial charge in [-0.15, -0.1) is 0 Å². The Morgan fingerprint density at radius 3 is 2.55 bits per heavy atom. The Morgan fingerprint density at radius 1 is 1.13 bits per heavy atom. The fourth-order valence-electron chi connectivity index (χ4n) is 3.40. The number of carbonyl (C=O) groups excluding carboxylic acids is 1. The van der Waals surface area contributed by atoms with Gasteiger partial charge in [0.25, 0.3) is 5.91 Å². The van der Waals surface area contributed by atoms with Crippen LogP contribution in [-0.2, 0) is 10.0 Å². The number of hydrogen-bond acceptors (Lipinski definition) is 5. The molecule has 3 rings (SSSR count). The molecule has 7 nitrogen and oxygen atoms in total. The maximum Gasteiger partial charge on any atom is 0.255 e. The first-order valence-corrected chi connectivity index (χ1v) is 12.1. The highest BCUT2D eigenvalue weighted by Crippen LogP contribution is 2.26. The van der Waals surface area contributed by atoms with Crippen LogP contribution in [0.5, 0.6) is 5.75 Å². The van der Waals surface area contributed by atoms with Crippen LogP contribution in [0.15, 0.2) is 47.4 Å². The maximum atomic E-state index is 13.1. The first-order chi connectivity index (χ1) is 14.8. The van der Waals surface area contributed by atoms with Crippen molar-refractivity contribution in [3.8, 4) is 5.75 Å². The monoisotopic (exact) mass is 445 g/mol. The number of ether oxygens (including phenoxy) is 1. The first-order valence-electron chi connectivity index (χ1n) is 10.7. The van der Waals surface area contributed by atoms with Crippen molar-refractivity contribution in [3.63, 3.8) is 0 Å². The number of nitrogens with one attached hydrogen (secondary N) is 2. The Kier molecular flexibility index (Phi) is 7.56. The van der Waals surface area contributed by atoms with E-state index in [4.69, 9.17) is 4.74 Å². The van der Waals surface area contributed by atoms with E-state index in [-0.39, 0.29) is 16.4 Å².